The van der Waals surface area contributed by atoms with E-state index in [9.17, 15) is 18.4 Å². The SMILES string of the molecule is O=C(CN1CCN(c2ccc(F)c(F)c2)C1=O)NC1CCC(Oc2ccc(Cl)cn2)CC1. The molecule has 2 fully saturated rings. The molecular weight excluding hydrogens is 442 g/mol. The number of amides is 3. The van der Waals surface area contributed by atoms with Gasteiger partial charge in [-0.05, 0) is 43.9 Å². The fourth-order valence-electron chi connectivity index (χ4n) is 4.00. The van der Waals surface area contributed by atoms with Crippen LogP contribution in [-0.4, -0.2) is 53.6 Å². The Kier molecular flexibility index (Phi) is 6.74. The van der Waals surface area contributed by atoms with E-state index in [4.69, 9.17) is 16.3 Å². The Hall–Kier alpha value is -2.94. The number of halogens is 3. The molecule has 1 aliphatic heterocycles. The Labute approximate surface area is 189 Å². The minimum Gasteiger partial charge on any atom is -0.474 e. The van der Waals surface area contributed by atoms with Crippen LogP contribution in [0.2, 0.25) is 5.02 Å². The van der Waals surface area contributed by atoms with Crippen LogP contribution in [-0.2, 0) is 4.79 Å². The summed E-state index contributed by atoms with van der Waals surface area (Å²) < 4.78 is 32.5. The summed E-state index contributed by atoms with van der Waals surface area (Å²) >= 11 is 5.83. The molecule has 2 heterocycles. The largest absolute Gasteiger partial charge is 0.474 e. The van der Waals surface area contributed by atoms with Gasteiger partial charge in [-0.25, -0.2) is 18.6 Å². The standard InChI is InChI=1S/C22H23ClF2N4O3/c23-14-1-8-21(26-12-14)32-17-5-2-15(3-6-17)27-20(30)13-28-9-10-29(22(28)31)16-4-7-18(24)19(25)11-16/h1,4,7-8,11-12,15,17H,2-3,5-6,9-10,13H2,(H,27,30). The van der Waals surface area contributed by atoms with Crippen molar-refractivity contribution in [1.82, 2.24) is 15.2 Å². The quantitative estimate of drug-likeness (QED) is 0.706. The minimum absolute atomic E-state index is 0.0144. The summed E-state index contributed by atoms with van der Waals surface area (Å²) in [6.07, 6.45) is 4.65. The molecule has 2 aromatic rings. The molecule has 0 bridgehead atoms. The highest BCUT2D eigenvalue weighted by atomic mass is 35.5. The number of pyridine rings is 1. The normalized spacial score (nSPS) is 21.0. The molecule has 1 aromatic carbocycles. The second-order valence-electron chi connectivity index (χ2n) is 7.93. The highest BCUT2D eigenvalue weighted by Gasteiger charge is 2.32. The molecule has 1 saturated carbocycles. The molecule has 32 heavy (non-hydrogen) atoms. The van der Waals surface area contributed by atoms with E-state index in [1.54, 1.807) is 12.1 Å². The van der Waals surface area contributed by atoms with Crippen LogP contribution in [0, 0.1) is 11.6 Å². The number of ether oxygens (including phenoxy) is 1. The van der Waals surface area contributed by atoms with Crippen LogP contribution >= 0.6 is 11.6 Å². The number of nitrogens with zero attached hydrogens (tertiary/aromatic N) is 3. The third-order valence-corrected chi connectivity index (χ3v) is 5.89. The molecule has 1 aliphatic carbocycles. The van der Waals surface area contributed by atoms with Crippen LogP contribution in [0.4, 0.5) is 19.3 Å². The van der Waals surface area contributed by atoms with Crippen LogP contribution in [0.1, 0.15) is 25.7 Å². The maximum absolute atomic E-state index is 13.5. The van der Waals surface area contributed by atoms with Gasteiger partial charge in [-0.1, -0.05) is 11.6 Å². The number of nitrogens with one attached hydrogen (secondary N) is 1. The summed E-state index contributed by atoms with van der Waals surface area (Å²) in [6.45, 7) is 0.558. The predicted molar refractivity (Wildman–Crippen MR) is 115 cm³/mol. The van der Waals surface area contributed by atoms with Crippen LogP contribution < -0.4 is 15.0 Å². The lowest BCUT2D eigenvalue weighted by molar-refractivity contribution is -0.122. The molecule has 3 amide bonds. The zero-order valence-electron chi connectivity index (χ0n) is 17.3. The number of urea groups is 1. The molecule has 1 N–H and O–H groups in total. The fourth-order valence-corrected chi connectivity index (χ4v) is 4.11. The average Bonchev–Trinajstić information content (AvgIpc) is 3.13. The molecular formula is C22H23ClF2N4O3. The second-order valence-corrected chi connectivity index (χ2v) is 8.36. The molecule has 1 aromatic heterocycles. The van der Waals surface area contributed by atoms with Gasteiger partial charge in [0, 0.05) is 43.1 Å². The second kappa shape index (κ2) is 9.68. The van der Waals surface area contributed by atoms with E-state index in [0.29, 0.717) is 24.0 Å². The van der Waals surface area contributed by atoms with E-state index >= 15 is 0 Å². The number of anilines is 1. The van der Waals surface area contributed by atoms with Crippen molar-refractivity contribution in [2.45, 2.75) is 37.8 Å². The first-order chi connectivity index (χ1) is 15.4. The Morgan fingerprint density at radius 3 is 2.59 bits per heavy atom. The molecule has 0 unspecified atom stereocenters. The number of hydrogen-bond acceptors (Lipinski definition) is 4. The topological polar surface area (TPSA) is 74.8 Å². The lowest BCUT2D eigenvalue weighted by atomic mass is 9.93. The molecule has 0 spiro atoms. The van der Waals surface area contributed by atoms with Crippen molar-refractivity contribution in [2.75, 3.05) is 24.5 Å². The summed E-state index contributed by atoms with van der Waals surface area (Å²) in [4.78, 5) is 31.9. The van der Waals surface area contributed by atoms with Gasteiger partial charge in [-0.2, -0.15) is 0 Å². The third kappa shape index (κ3) is 5.27. The van der Waals surface area contributed by atoms with Crippen molar-refractivity contribution in [1.29, 1.82) is 0 Å². The Balaban J connectivity index is 1.22. The number of aromatic nitrogens is 1. The summed E-state index contributed by atoms with van der Waals surface area (Å²) in [5, 5.41) is 3.53. The van der Waals surface area contributed by atoms with Crippen molar-refractivity contribution < 1.29 is 23.1 Å². The van der Waals surface area contributed by atoms with E-state index in [1.165, 1.54) is 22.1 Å². The molecule has 170 valence electrons. The minimum atomic E-state index is -1.02. The van der Waals surface area contributed by atoms with E-state index in [0.717, 1.165) is 37.8 Å². The average molecular weight is 465 g/mol. The first-order valence-electron chi connectivity index (χ1n) is 10.5. The number of hydrogen-bond donors (Lipinski definition) is 1. The van der Waals surface area contributed by atoms with Gasteiger partial charge < -0.3 is 15.0 Å². The predicted octanol–water partition coefficient (Wildman–Crippen LogP) is 3.76. The summed E-state index contributed by atoms with van der Waals surface area (Å²) in [5.74, 6) is -1.70. The first kappa shape index (κ1) is 22.3. The smallest absolute Gasteiger partial charge is 0.325 e. The van der Waals surface area contributed by atoms with Gasteiger partial charge in [0.15, 0.2) is 11.6 Å². The highest BCUT2D eigenvalue weighted by molar-refractivity contribution is 6.30. The Bertz CT molecular complexity index is 984. The van der Waals surface area contributed by atoms with Gasteiger partial charge in [0.2, 0.25) is 11.8 Å². The maximum Gasteiger partial charge on any atom is 0.325 e. The molecule has 0 radical (unpaired) electrons. The third-order valence-electron chi connectivity index (χ3n) is 5.67. The molecule has 4 rings (SSSR count). The summed E-state index contributed by atoms with van der Waals surface area (Å²) in [7, 11) is 0. The lowest BCUT2D eigenvalue weighted by Crippen LogP contribution is -2.45. The van der Waals surface area contributed by atoms with Crippen molar-refractivity contribution in [3.63, 3.8) is 0 Å². The van der Waals surface area contributed by atoms with Crippen LogP contribution in [0.5, 0.6) is 5.88 Å². The summed E-state index contributed by atoms with van der Waals surface area (Å²) in [6, 6.07) is 6.38. The summed E-state index contributed by atoms with van der Waals surface area (Å²) in [5.41, 5.74) is 0.269. The molecule has 10 heteroatoms. The zero-order valence-corrected chi connectivity index (χ0v) is 18.0. The highest BCUT2D eigenvalue weighted by Crippen LogP contribution is 2.24. The number of benzene rings is 1. The fraction of sp³-hybridized carbons (Fsp3) is 0.409. The number of carbonyl (C=O) groups is 2. The van der Waals surface area contributed by atoms with Crippen LogP contribution in [0.15, 0.2) is 36.5 Å². The zero-order chi connectivity index (χ0) is 22.7. The maximum atomic E-state index is 13.5. The monoisotopic (exact) mass is 464 g/mol. The van der Waals surface area contributed by atoms with Crippen molar-refractivity contribution >= 4 is 29.2 Å². The molecule has 7 nitrogen and oxygen atoms in total. The van der Waals surface area contributed by atoms with Gasteiger partial charge in [0.05, 0.1) is 5.02 Å². The Morgan fingerprint density at radius 2 is 1.91 bits per heavy atom. The lowest BCUT2D eigenvalue weighted by Gasteiger charge is -2.29. The Morgan fingerprint density at radius 1 is 1.12 bits per heavy atom. The van der Waals surface area contributed by atoms with Gasteiger partial charge in [-0.15, -0.1) is 0 Å². The van der Waals surface area contributed by atoms with E-state index in [-0.39, 0.29) is 30.3 Å². The van der Waals surface area contributed by atoms with E-state index in [2.05, 4.69) is 10.3 Å². The molecule has 0 atom stereocenters. The van der Waals surface area contributed by atoms with Crippen molar-refractivity contribution in [3.8, 4) is 5.88 Å². The first-order valence-corrected chi connectivity index (χ1v) is 10.9. The van der Waals surface area contributed by atoms with E-state index < -0.39 is 17.7 Å². The number of rotatable bonds is 6. The van der Waals surface area contributed by atoms with E-state index in [1.807, 2.05) is 0 Å². The van der Waals surface area contributed by atoms with Gasteiger partial charge in [0.1, 0.15) is 12.6 Å². The van der Waals surface area contributed by atoms with Crippen molar-refractivity contribution in [2.24, 2.45) is 0 Å². The van der Waals surface area contributed by atoms with Crippen LogP contribution in [0.3, 0.4) is 0 Å². The molecule has 2 aliphatic rings. The van der Waals surface area contributed by atoms with Gasteiger partial charge in [0.25, 0.3) is 0 Å². The van der Waals surface area contributed by atoms with Crippen LogP contribution in [0.25, 0.3) is 0 Å². The van der Waals surface area contributed by atoms with Gasteiger partial charge in [-0.3, -0.25) is 9.69 Å². The van der Waals surface area contributed by atoms with Gasteiger partial charge >= 0.3 is 6.03 Å². The van der Waals surface area contributed by atoms with Crippen molar-refractivity contribution in [3.05, 3.63) is 53.2 Å². The number of carbonyl (C=O) groups excluding carboxylic acids is 2. The molecule has 1 saturated heterocycles.